The number of carboxylic acid groups (broad SMARTS) is 1. The summed E-state index contributed by atoms with van der Waals surface area (Å²) in [5.74, 6) is -3.07. The van der Waals surface area contributed by atoms with Crippen LogP contribution in [0, 0.1) is 0 Å². The molecule has 0 saturated carbocycles. The van der Waals surface area contributed by atoms with Gasteiger partial charge in [-0.2, -0.15) is 11.8 Å². The van der Waals surface area contributed by atoms with Crippen molar-refractivity contribution in [2.24, 2.45) is 11.5 Å². The number of primary amides is 1. The number of likely N-dealkylation sites (N-methyl/N-ethyl adjacent to an activating group) is 1. The fourth-order valence-electron chi connectivity index (χ4n) is 4.14. The molecule has 0 bridgehead atoms. The monoisotopic (exact) mass is 660 g/mol. The molecular formula is C31H44N6O8S. The molecule has 0 spiro atoms. The number of carboxylic acids is 1. The highest BCUT2D eigenvalue weighted by atomic mass is 32.2. The van der Waals surface area contributed by atoms with Gasteiger partial charge in [0, 0.05) is 20.4 Å². The van der Waals surface area contributed by atoms with Crippen molar-refractivity contribution >= 4 is 47.3 Å². The zero-order valence-electron chi connectivity index (χ0n) is 26.4. The van der Waals surface area contributed by atoms with Crippen molar-refractivity contribution in [1.29, 1.82) is 0 Å². The van der Waals surface area contributed by atoms with Crippen LogP contribution in [0.4, 0.5) is 0 Å². The van der Waals surface area contributed by atoms with Crippen LogP contribution in [0.1, 0.15) is 31.4 Å². The van der Waals surface area contributed by atoms with Crippen LogP contribution in [-0.4, -0.2) is 100 Å². The number of thioether (sulfide) groups is 1. The number of phenolic OH excluding ortho intramolecular Hbond substituents is 1. The van der Waals surface area contributed by atoms with E-state index in [1.165, 1.54) is 42.8 Å². The van der Waals surface area contributed by atoms with Gasteiger partial charge in [0.25, 0.3) is 5.97 Å². The summed E-state index contributed by atoms with van der Waals surface area (Å²) in [4.78, 5) is 73.6. The van der Waals surface area contributed by atoms with E-state index in [1.54, 1.807) is 24.3 Å². The van der Waals surface area contributed by atoms with Gasteiger partial charge in [0.1, 0.15) is 23.9 Å². The van der Waals surface area contributed by atoms with Crippen LogP contribution in [0.15, 0.2) is 54.6 Å². The van der Waals surface area contributed by atoms with E-state index in [9.17, 15) is 29.1 Å². The minimum Gasteiger partial charge on any atom is -0.508 e. The highest BCUT2D eigenvalue weighted by Gasteiger charge is 2.31. The third-order valence-corrected chi connectivity index (χ3v) is 7.20. The molecule has 0 unspecified atom stereocenters. The van der Waals surface area contributed by atoms with Crippen LogP contribution in [-0.2, 0) is 41.6 Å². The number of benzene rings is 2. The fraction of sp³-hybridized carbons (Fsp3) is 0.419. The van der Waals surface area contributed by atoms with Gasteiger partial charge in [-0.1, -0.05) is 42.5 Å². The third kappa shape index (κ3) is 14.9. The van der Waals surface area contributed by atoms with E-state index in [-0.39, 0.29) is 18.6 Å². The number of rotatable bonds is 16. The Balaban J connectivity index is 0.00000249. The average molecular weight is 661 g/mol. The van der Waals surface area contributed by atoms with Crippen LogP contribution >= 0.6 is 11.8 Å². The molecule has 15 heteroatoms. The topological polar surface area (TPSA) is 234 Å². The van der Waals surface area contributed by atoms with Crippen molar-refractivity contribution < 1.29 is 39.0 Å². The molecule has 4 atom stereocenters. The number of hydrogen-bond donors (Lipinski definition) is 7. The number of hydrogen-bond acceptors (Lipinski definition) is 9. The Morgan fingerprint density at radius 3 is 2.02 bits per heavy atom. The maximum absolute atomic E-state index is 13.4. The van der Waals surface area contributed by atoms with Crippen molar-refractivity contribution in [2.75, 3.05) is 25.6 Å². The lowest BCUT2D eigenvalue weighted by molar-refractivity contribution is -0.141. The molecule has 0 aliphatic rings. The summed E-state index contributed by atoms with van der Waals surface area (Å²) < 4.78 is 0. The summed E-state index contributed by atoms with van der Waals surface area (Å²) in [5.41, 5.74) is 13.0. The van der Waals surface area contributed by atoms with Crippen LogP contribution in [0.25, 0.3) is 0 Å². The quantitative estimate of drug-likeness (QED) is 0.125. The van der Waals surface area contributed by atoms with E-state index in [0.717, 1.165) is 18.1 Å². The number of nitrogens with one attached hydrogen (secondary N) is 3. The van der Waals surface area contributed by atoms with Gasteiger partial charge < -0.3 is 42.5 Å². The number of nitrogens with two attached hydrogens (primary N) is 2. The number of amides is 5. The van der Waals surface area contributed by atoms with Gasteiger partial charge in [-0.3, -0.25) is 28.8 Å². The van der Waals surface area contributed by atoms with Gasteiger partial charge in [0.2, 0.25) is 29.5 Å². The van der Waals surface area contributed by atoms with E-state index >= 15 is 0 Å². The first-order valence-corrected chi connectivity index (χ1v) is 15.7. The maximum atomic E-state index is 13.4. The minimum absolute atomic E-state index is 0.0925. The lowest BCUT2D eigenvalue weighted by Crippen LogP contribution is -2.56. The number of phenols is 1. The van der Waals surface area contributed by atoms with E-state index in [4.69, 9.17) is 21.4 Å². The molecule has 9 N–H and O–H groups in total. The molecule has 0 aromatic heterocycles. The van der Waals surface area contributed by atoms with Crippen LogP contribution in [0.5, 0.6) is 5.75 Å². The standard InChI is InChI=1S/C29H40N6O6S.C2H4O2/c1-18(33-28(40)22(30)15-20-9-11-21(36)12-10-20)27(39)32-17-25(37)34-23(16-19-7-5-4-6-8-19)29(41)35(2)24(26(31)38)13-14-42-3;1-2(3)4/h4-12,18,22-24,36H,13-17,30H2,1-3H3,(H2,31,38)(H,32,39)(H,33,40)(H,34,37);1H3,(H,3,4)/t18-,22+,23-,24+;/m1./s1. The number of carbonyl (C=O) groups excluding carboxylic acids is 5. The molecule has 0 aliphatic carbocycles. The van der Waals surface area contributed by atoms with Gasteiger partial charge in [0.15, 0.2) is 0 Å². The molecule has 14 nitrogen and oxygen atoms in total. The molecule has 46 heavy (non-hydrogen) atoms. The molecule has 2 aromatic carbocycles. The van der Waals surface area contributed by atoms with E-state index in [0.29, 0.717) is 12.2 Å². The maximum Gasteiger partial charge on any atom is 0.300 e. The molecular weight excluding hydrogens is 616 g/mol. The fourth-order valence-corrected chi connectivity index (χ4v) is 4.59. The minimum atomic E-state index is -1.02. The van der Waals surface area contributed by atoms with Crippen molar-refractivity contribution in [3.63, 3.8) is 0 Å². The molecule has 252 valence electrons. The predicted molar refractivity (Wildman–Crippen MR) is 175 cm³/mol. The summed E-state index contributed by atoms with van der Waals surface area (Å²) in [6, 6.07) is 11.5. The van der Waals surface area contributed by atoms with E-state index in [1.807, 2.05) is 24.5 Å². The predicted octanol–water partition coefficient (Wildman–Crippen LogP) is -0.233. The average Bonchev–Trinajstić information content (AvgIpc) is 3.00. The van der Waals surface area contributed by atoms with Crippen molar-refractivity contribution in [1.82, 2.24) is 20.9 Å². The van der Waals surface area contributed by atoms with E-state index in [2.05, 4.69) is 16.0 Å². The summed E-state index contributed by atoms with van der Waals surface area (Å²) >= 11 is 1.52. The molecule has 0 radical (unpaired) electrons. The van der Waals surface area contributed by atoms with Crippen LogP contribution < -0.4 is 27.4 Å². The van der Waals surface area contributed by atoms with Gasteiger partial charge in [-0.25, -0.2) is 0 Å². The second-order valence-corrected chi connectivity index (χ2v) is 11.4. The first kappa shape index (κ1) is 39.4. The Kier molecular flexibility index (Phi) is 17.5. The SMILES string of the molecule is CC(=O)O.CSCC[C@@H](C(N)=O)N(C)C(=O)[C@@H](Cc1ccccc1)NC(=O)CNC(=O)[C@@H](C)NC(=O)[C@@H](N)Cc1ccc(O)cc1. The van der Waals surface area contributed by atoms with Gasteiger partial charge >= 0.3 is 0 Å². The smallest absolute Gasteiger partial charge is 0.300 e. The highest BCUT2D eigenvalue weighted by Crippen LogP contribution is 2.12. The van der Waals surface area contributed by atoms with Crippen LogP contribution in [0.2, 0.25) is 0 Å². The molecule has 2 rings (SSSR count). The van der Waals surface area contributed by atoms with Gasteiger partial charge in [0.05, 0.1) is 12.6 Å². The molecule has 2 aromatic rings. The molecule has 5 amide bonds. The second-order valence-electron chi connectivity index (χ2n) is 10.4. The van der Waals surface area contributed by atoms with E-state index < -0.39 is 66.2 Å². The lowest BCUT2D eigenvalue weighted by Gasteiger charge is -2.30. The molecule has 0 saturated heterocycles. The first-order valence-electron chi connectivity index (χ1n) is 14.4. The van der Waals surface area contributed by atoms with Gasteiger partial charge in [-0.05, 0) is 55.0 Å². The highest BCUT2D eigenvalue weighted by molar-refractivity contribution is 7.98. The summed E-state index contributed by atoms with van der Waals surface area (Å²) in [6.45, 7) is 2.08. The van der Waals surface area contributed by atoms with Crippen molar-refractivity contribution in [2.45, 2.75) is 57.3 Å². The first-order chi connectivity index (χ1) is 21.7. The summed E-state index contributed by atoms with van der Waals surface area (Å²) in [7, 11) is 1.47. The molecule has 0 fully saturated rings. The Morgan fingerprint density at radius 2 is 1.48 bits per heavy atom. The van der Waals surface area contributed by atoms with Crippen molar-refractivity contribution in [3.05, 3.63) is 65.7 Å². The van der Waals surface area contributed by atoms with Gasteiger partial charge in [-0.15, -0.1) is 0 Å². The molecule has 0 heterocycles. The Bertz CT molecular complexity index is 1310. The number of aliphatic carboxylic acids is 1. The third-order valence-electron chi connectivity index (χ3n) is 6.56. The second kappa shape index (κ2) is 20.4. The zero-order valence-corrected chi connectivity index (χ0v) is 27.2. The van der Waals surface area contributed by atoms with Crippen LogP contribution in [0.3, 0.4) is 0 Å². The Labute approximate surface area is 272 Å². The number of carbonyl (C=O) groups is 6. The normalized spacial score (nSPS) is 13.0. The summed E-state index contributed by atoms with van der Waals surface area (Å²) in [6.07, 6.45) is 2.60. The summed E-state index contributed by atoms with van der Waals surface area (Å²) in [5, 5.41) is 24.4. The number of aromatic hydroxyl groups is 1. The Hall–Kier alpha value is -4.63. The largest absolute Gasteiger partial charge is 0.508 e. The number of nitrogens with zero attached hydrogens (tertiary/aromatic N) is 1. The van der Waals surface area contributed by atoms with Crippen molar-refractivity contribution in [3.8, 4) is 5.75 Å². The zero-order chi connectivity index (χ0) is 34.8. The molecule has 0 aliphatic heterocycles. The lowest BCUT2D eigenvalue weighted by atomic mass is 10.0. The Morgan fingerprint density at radius 1 is 0.913 bits per heavy atom.